The van der Waals surface area contributed by atoms with Gasteiger partial charge in [0.25, 0.3) is 0 Å². The van der Waals surface area contributed by atoms with E-state index >= 15 is 0 Å². The van der Waals surface area contributed by atoms with E-state index in [1.165, 1.54) is 4.90 Å². The third-order valence-corrected chi connectivity index (χ3v) is 4.85. The van der Waals surface area contributed by atoms with E-state index in [2.05, 4.69) is 5.32 Å². The summed E-state index contributed by atoms with van der Waals surface area (Å²) in [5, 5.41) is 22.2. The molecular weight excluding hydrogens is 300 g/mol. The number of aliphatic hydroxyl groups is 2. The Morgan fingerprint density at radius 1 is 1.32 bits per heavy atom. The Morgan fingerprint density at radius 3 is 2.68 bits per heavy atom. The van der Waals surface area contributed by atoms with Gasteiger partial charge in [0.15, 0.2) is 0 Å². The minimum Gasteiger partial charge on any atom is -0.393 e. The topological polar surface area (TPSA) is 72.8 Å². The van der Waals surface area contributed by atoms with Gasteiger partial charge in [-0.1, -0.05) is 12.1 Å². The first-order chi connectivity index (χ1) is 10.6. The fraction of sp³-hybridized carbons (Fsp3) is 0.562. The largest absolute Gasteiger partial charge is 0.393 e. The van der Waals surface area contributed by atoms with Gasteiger partial charge in [0, 0.05) is 24.5 Å². The summed E-state index contributed by atoms with van der Waals surface area (Å²) in [5.41, 5.74) is 0.0238. The third kappa shape index (κ3) is 4.63. The first-order valence-corrected chi connectivity index (χ1v) is 8.78. The van der Waals surface area contributed by atoms with Gasteiger partial charge in [0.2, 0.25) is 0 Å². The number of hydrogen-bond donors (Lipinski definition) is 3. The van der Waals surface area contributed by atoms with E-state index in [1.54, 1.807) is 16.7 Å². The number of nitrogens with zero attached hydrogens (tertiary/aromatic N) is 1. The molecule has 1 aliphatic heterocycles. The minimum absolute atomic E-state index is 0.115. The zero-order valence-corrected chi connectivity index (χ0v) is 13.7. The molecule has 0 aliphatic carbocycles. The Bertz CT molecular complexity index is 495. The monoisotopic (exact) mass is 324 g/mol. The van der Waals surface area contributed by atoms with Crippen molar-refractivity contribution in [1.29, 1.82) is 0 Å². The molecular formula is C16H24N2O3S. The molecule has 2 rings (SSSR count). The SMILES string of the molecule is CSc1ccc(CNC(=O)N2CCC[C@@](O)(CO)CC2)cc1. The molecule has 1 fully saturated rings. The zero-order chi connectivity index (χ0) is 16.0. The highest BCUT2D eigenvalue weighted by Gasteiger charge is 2.30. The molecule has 0 bridgehead atoms. The Labute approximate surface area is 135 Å². The molecule has 1 atom stereocenters. The van der Waals surface area contributed by atoms with Gasteiger partial charge in [-0.3, -0.25) is 0 Å². The highest BCUT2D eigenvalue weighted by Crippen LogP contribution is 2.21. The van der Waals surface area contributed by atoms with E-state index in [0.717, 1.165) is 5.56 Å². The maximum absolute atomic E-state index is 12.2. The Morgan fingerprint density at radius 2 is 2.05 bits per heavy atom. The predicted molar refractivity (Wildman–Crippen MR) is 87.9 cm³/mol. The Balaban J connectivity index is 1.84. The molecule has 6 heteroatoms. The molecule has 0 aromatic heterocycles. The molecule has 0 unspecified atom stereocenters. The van der Waals surface area contributed by atoms with E-state index in [-0.39, 0.29) is 12.6 Å². The van der Waals surface area contributed by atoms with Crippen LogP contribution >= 0.6 is 11.8 Å². The van der Waals surface area contributed by atoms with Gasteiger partial charge in [-0.2, -0.15) is 0 Å². The lowest BCUT2D eigenvalue weighted by Crippen LogP contribution is -2.41. The summed E-state index contributed by atoms with van der Waals surface area (Å²) in [6, 6.07) is 7.99. The molecule has 122 valence electrons. The second-order valence-electron chi connectivity index (χ2n) is 5.73. The molecule has 0 radical (unpaired) electrons. The Hall–Kier alpha value is -1.24. The van der Waals surface area contributed by atoms with Crippen molar-refractivity contribution in [1.82, 2.24) is 10.2 Å². The van der Waals surface area contributed by atoms with Crippen LogP contribution in [-0.4, -0.2) is 52.7 Å². The summed E-state index contributed by atoms with van der Waals surface area (Å²) in [6.07, 6.45) is 3.68. The summed E-state index contributed by atoms with van der Waals surface area (Å²) in [6.45, 7) is 1.33. The fourth-order valence-corrected chi connectivity index (χ4v) is 2.98. The van der Waals surface area contributed by atoms with Crippen LogP contribution in [-0.2, 0) is 6.54 Å². The molecule has 22 heavy (non-hydrogen) atoms. The second kappa shape index (κ2) is 7.85. The van der Waals surface area contributed by atoms with Crippen molar-refractivity contribution in [2.24, 2.45) is 0 Å². The predicted octanol–water partition coefficient (Wildman–Crippen LogP) is 1.83. The molecule has 1 aromatic rings. The molecule has 1 aliphatic rings. The van der Waals surface area contributed by atoms with Crippen LogP contribution in [0.2, 0.25) is 0 Å². The van der Waals surface area contributed by atoms with Gasteiger partial charge < -0.3 is 20.4 Å². The van der Waals surface area contributed by atoms with Gasteiger partial charge in [0.05, 0.1) is 12.2 Å². The number of thioether (sulfide) groups is 1. The maximum atomic E-state index is 12.2. The summed E-state index contributed by atoms with van der Waals surface area (Å²) in [5.74, 6) is 0. The molecule has 0 saturated carbocycles. The first-order valence-electron chi connectivity index (χ1n) is 7.55. The summed E-state index contributed by atoms with van der Waals surface area (Å²) in [7, 11) is 0. The number of benzene rings is 1. The maximum Gasteiger partial charge on any atom is 0.317 e. The molecule has 3 N–H and O–H groups in total. The van der Waals surface area contributed by atoms with Gasteiger partial charge in [-0.25, -0.2) is 4.79 Å². The van der Waals surface area contributed by atoms with Gasteiger partial charge >= 0.3 is 6.03 Å². The molecule has 5 nitrogen and oxygen atoms in total. The summed E-state index contributed by atoms with van der Waals surface area (Å²) < 4.78 is 0. The van der Waals surface area contributed by atoms with Crippen LogP contribution in [0, 0.1) is 0 Å². The first kappa shape index (κ1) is 17.1. The number of aliphatic hydroxyl groups excluding tert-OH is 1. The van der Waals surface area contributed by atoms with Crippen LogP contribution in [0.1, 0.15) is 24.8 Å². The number of urea groups is 1. The van der Waals surface area contributed by atoms with Crippen LogP contribution in [0.5, 0.6) is 0 Å². The highest BCUT2D eigenvalue weighted by atomic mass is 32.2. The highest BCUT2D eigenvalue weighted by molar-refractivity contribution is 7.98. The molecule has 1 aromatic carbocycles. The summed E-state index contributed by atoms with van der Waals surface area (Å²) >= 11 is 1.69. The second-order valence-corrected chi connectivity index (χ2v) is 6.61. The van der Waals surface area contributed by atoms with Crippen LogP contribution in [0.3, 0.4) is 0 Å². The minimum atomic E-state index is -1.04. The number of hydrogen-bond acceptors (Lipinski definition) is 4. The quantitative estimate of drug-likeness (QED) is 0.739. The van der Waals surface area contributed by atoms with E-state index < -0.39 is 5.60 Å². The van der Waals surface area contributed by atoms with Crippen molar-refractivity contribution in [3.05, 3.63) is 29.8 Å². The smallest absolute Gasteiger partial charge is 0.317 e. The number of rotatable bonds is 4. The number of nitrogens with one attached hydrogen (secondary N) is 1. The standard InChI is InChI=1S/C16H24N2O3S/c1-22-14-5-3-13(4-6-14)11-17-15(20)18-9-2-7-16(21,12-19)8-10-18/h3-6,19,21H,2,7-12H2,1H3,(H,17,20)/t16-/m0/s1. The third-order valence-electron chi connectivity index (χ3n) is 4.10. The number of carbonyl (C=O) groups excluding carboxylic acids is 1. The van der Waals surface area contributed by atoms with Crippen molar-refractivity contribution in [3.63, 3.8) is 0 Å². The van der Waals surface area contributed by atoms with Gasteiger partial charge in [0.1, 0.15) is 0 Å². The average Bonchev–Trinajstić information content (AvgIpc) is 2.75. The Kier molecular flexibility index (Phi) is 6.11. The van der Waals surface area contributed by atoms with Gasteiger partial charge in [-0.05, 0) is 43.2 Å². The van der Waals surface area contributed by atoms with E-state index in [9.17, 15) is 15.0 Å². The van der Waals surface area contributed by atoms with E-state index in [1.807, 2.05) is 30.5 Å². The molecule has 1 saturated heterocycles. The van der Waals surface area contributed by atoms with E-state index in [4.69, 9.17) is 0 Å². The van der Waals surface area contributed by atoms with Crippen molar-refractivity contribution >= 4 is 17.8 Å². The normalized spacial score (nSPS) is 22.2. The van der Waals surface area contributed by atoms with Crippen molar-refractivity contribution in [2.75, 3.05) is 26.0 Å². The number of carbonyl (C=O) groups is 1. The average molecular weight is 324 g/mol. The number of amides is 2. The lowest BCUT2D eigenvalue weighted by atomic mass is 9.96. The molecule has 2 amide bonds. The summed E-state index contributed by atoms with van der Waals surface area (Å²) in [4.78, 5) is 15.1. The van der Waals surface area contributed by atoms with Crippen LogP contribution in [0.25, 0.3) is 0 Å². The van der Waals surface area contributed by atoms with Gasteiger partial charge in [-0.15, -0.1) is 11.8 Å². The zero-order valence-electron chi connectivity index (χ0n) is 12.9. The molecule has 1 heterocycles. The van der Waals surface area contributed by atoms with Crippen molar-refractivity contribution in [2.45, 2.75) is 36.3 Å². The van der Waals surface area contributed by atoms with Crippen LogP contribution in [0.4, 0.5) is 4.79 Å². The van der Waals surface area contributed by atoms with Crippen molar-refractivity contribution < 1.29 is 15.0 Å². The number of likely N-dealkylation sites (tertiary alicyclic amines) is 1. The van der Waals surface area contributed by atoms with Crippen LogP contribution in [0.15, 0.2) is 29.2 Å². The van der Waals surface area contributed by atoms with E-state index in [0.29, 0.717) is 38.9 Å². The lowest BCUT2D eigenvalue weighted by Gasteiger charge is -2.24. The lowest BCUT2D eigenvalue weighted by molar-refractivity contribution is -0.0248. The molecule has 0 spiro atoms. The van der Waals surface area contributed by atoms with Crippen molar-refractivity contribution in [3.8, 4) is 0 Å². The fourth-order valence-electron chi connectivity index (χ4n) is 2.57. The van der Waals surface area contributed by atoms with Crippen LogP contribution < -0.4 is 5.32 Å².